The second kappa shape index (κ2) is 10.9. The van der Waals surface area contributed by atoms with Crippen molar-refractivity contribution in [1.82, 2.24) is 15.1 Å². The molecule has 1 amide bonds. The molecule has 0 bridgehead atoms. The summed E-state index contributed by atoms with van der Waals surface area (Å²) in [5.74, 6) is 1.26. The minimum absolute atomic E-state index is 0.00623. The molecule has 1 saturated heterocycles. The Morgan fingerprint density at radius 3 is 2.61 bits per heavy atom. The van der Waals surface area contributed by atoms with Gasteiger partial charge in [0.15, 0.2) is 6.61 Å². The number of rotatable bonds is 9. The number of halogens is 2. The third-order valence-corrected chi connectivity index (χ3v) is 6.79. The predicted molar refractivity (Wildman–Crippen MR) is 129 cm³/mol. The summed E-state index contributed by atoms with van der Waals surface area (Å²) < 4.78 is 19.2. The fourth-order valence-corrected chi connectivity index (χ4v) is 4.57. The van der Waals surface area contributed by atoms with Crippen LogP contribution in [0, 0.1) is 11.7 Å². The zero-order valence-corrected chi connectivity index (χ0v) is 20.2. The van der Waals surface area contributed by atoms with Crippen LogP contribution >= 0.6 is 11.6 Å². The van der Waals surface area contributed by atoms with Gasteiger partial charge in [-0.3, -0.25) is 9.69 Å². The molecule has 0 radical (unpaired) electrons. The summed E-state index contributed by atoms with van der Waals surface area (Å²) in [7, 11) is 0. The van der Waals surface area contributed by atoms with E-state index in [0.717, 1.165) is 36.7 Å². The normalized spacial score (nSPS) is 21.3. The Morgan fingerprint density at radius 2 is 1.88 bits per heavy atom. The van der Waals surface area contributed by atoms with Crippen LogP contribution in [0.1, 0.15) is 37.8 Å². The first kappa shape index (κ1) is 24.0. The third kappa shape index (κ3) is 6.69. The van der Waals surface area contributed by atoms with Crippen molar-refractivity contribution in [3.8, 4) is 5.75 Å². The average Bonchev–Trinajstić information content (AvgIpc) is 3.61. The van der Waals surface area contributed by atoms with Gasteiger partial charge < -0.3 is 15.0 Å². The quantitative estimate of drug-likeness (QED) is 0.583. The van der Waals surface area contributed by atoms with Gasteiger partial charge in [0, 0.05) is 48.8 Å². The maximum atomic E-state index is 13.2. The van der Waals surface area contributed by atoms with Gasteiger partial charge in [-0.1, -0.05) is 23.7 Å². The van der Waals surface area contributed by atoms with Crippen molar-refractivity contribution in [2.45, 2.75) is 51.9 Å². The first-order valence-electron chi connectivity index (χ1n) is 11.8. The van der Waals surface area contributed by atoms with E-state index >= 15 is 0 Å². The van der Waals surface area contributed by atoms with Crippen LogP contribution in [-0.2, 0) is 17.9 Å². The third-order valence-electron chi connectivity index (χ3n) is 6.55. The number of carbonyl (C=O) groups is 1. The van der Waals surface area contributed by atoms with Crippen molar-refractivity contribution in [2.75, 3.05) is 26.2 Å². The molecule has 0 aromatic heterocycles. The first-order chi connectivity index (χ1) is 15.9. The first-order valence-corrected chi connectivity index (χ1v) is 12.2. The number of carbonyl (C=O) groups excluding carboxylic acids is 1. The highest BCUT2D eigenvalue weighted by atomic mass is 35.5. The zero-order valence-electron chi connectivity index (χ0n) is 19.4. The molecular weight excluding hydrogens is 441 g/mol. The van der Waals surface area contributed by atoms with E-state index in [0.29, 0.717) is 23.9 Å². The predicted octanol–water partition coefficient (Wildman–Crippen LogP) is 4.48. The minimum Gasteiger partial charge on any atom is -0.483 e. The summed E-state index contributed by atoms with van der Waals surface area (Å²) in [6, 6.07) is 12.4. The fraction of sp³-hybridized carbons (Fsp3) is 0.500. The summed E-state index contributed by atoms with van der Waals surface area (Å²) in [6.45, 7) is 8.02. The van der Waals surface area contributed by atoms with E-state index in [2.05, 4.69) is 24.1 Å². The topological polar surface area (TPSA) is 44.8 Å². The summed E-state index contributed by atoms with van der Waals surface area (Å²) in [4.78, 5) is 17.3. The van der Waals surface area contributed by atoms with E-state index < -0.39 is 0 Å². The molecule has 5 nitrogen and oxygen atoms in total. The zero-order chi connectivity index (χ0) is 23.4. The molecule has 1 aliphatic heterocycles. The van der Waals surface area contributed by atoms with Gasteiger partial charge in [0.2, 0.25) is 0 Å². The lowest BCUT2D eigenvalue weighted by Gasteiger charge is -2.44. The molecule has 2 atom stereocenters. The summed E-state index contributed by atoms with van der Waals surface area (Å²) in [5.41, 5.74) is 2.05. The Labute approximate surface area is 200 Å². The van der Waals surface area contributed by atoms with Gasteiger partial charge >= 0.3 is 0 Å². The second-order valence-electron chi connectivity index (χ2n) is 9.42. The molecule has 2 aliphatic rings. The number of hydrogen-bond donors (Lipinski definition) is 1. The van der Waals surface area contributed by atoms with E-state index in [1.165, 1.54) is 25.0 Å². The lowest BCUT2D eigenvalue weighted by atomic mass is 10.1. The number of hydrogen-bond acceptors (Lipinski definition) is 4. The summed E-state index contributed by atoms with van der Waals surface area (Å²) >= 11 is 6.19. The highest BCUT2D eigenvalue weighted by molar-refractivity contribution is 6.30. The number of ether oxygens (including phenoxy) is 1. The Hall–Kier alpha value is -2.15. The highest BCUT2D eigenvalue weighted by Gasteiger charge is 2.32. The van der Waals surface area contributed by atoms with Gasteiger partial charge in [-0.25, -0.2) is 4.39 Å². The number of benzene rings is 2. The largest absolute Gasteiger partial charge is 0.483 e. The van der Waals surface area contributed by atoms with Crippen molar-refractivity contribution >= 4 is 17.5 Å². The van der Waals surface area contributed by atoms with E-state index in [4.69, 9.17) is 16.3 Å². The molecular formula is C26H33ClFN3O2. The van der Waals surface area contributed by atoms with Crippen molar-refractivity contribution in [3.63, 3.8) is 0 Å². The van der Waals surface area contributed by atoms with Gasteiger partial charge in [0.05, 0.1) is 0 Å². The van der Waals surface area contributed by atoms with Gasteiger partial charge in [-0.05, 0) is 75.0 Å². The van der Waals surface area contributed by atoms with Crippen molar-refractivity contribution in [2.24, 2.45) is 5.92 Å². The molecule has 1 heterocycles. The summed E-state index contributed by atoms with van der Waals surface area (Å²) in [6.07, 6.45) is 2.60. The van der Waals surface area contributed by atoms with E-state index in [-0.39, 0.29) is 30.4 Å². The number of nitrogens with one attached hydrogen (secondary N) is 1. The maximum Gasteiger partial charge on any atom is 0.260 e. The molecule has 0 unspecified atom stereocenters. The van der Waals surface area contributed by atoms with Crippen LogP contribution in [-0.4, -0.2) is 54.0 Å². The standard InChI is InChI=1S/C26H33ClFN3O2/c1-18-15-31(19(2)14-30(18)16-21-5-8-24(28)9-6-21)26(32)17-33-25-10-7-23(27)11-22(25)13-29-12-20-3-4-20/h5-11,18-20,29H,3-4,12-17H2,1-2H3/t18-,19+/m0/s1. The molecule has 2 aromatic rings. The summed E-state index contributed by atoms with van der Waals surface area (Å²) in [5, 5.41) is 4.13. The van der Waals surface area contributed by atoms with Crippen molar-refractivity contribution in [1.29, 1.82) is 0 Å². The average molecular weight is 474 g/mol. The van der Waals surface area contributed by atoms with Crippen LogP contribution in [0.5, 0.6) is 5.75 Å². The molecule has 1 N–H and O–H groups in total. The van der Waals surface area contributed by atoms with Gasteiger partial charge in [0.25, 0.3) is 5.91 Å². The van der Waals surface area contributed by atoms with Crippen LogP contribution in [0.15, 0.2) is 42.5 Å². The fourth-order valence-electron chi connectivity index (χ4n) is 4.37. The van der Waals surface area contributed by atoms with Crippen molar-refractivity contribution in [3.05, 3.63) is 64.4 Å². The van der Waals surface area contributed by atoms with Gasteiger partial charge in [-0.15, -0.1) is 0 Å². The van der Waals surface area contributed by atoms with Crippen LogP contribution in [0.25, 0.3) is 0 Å². The minimum atomic E-state index is -0.224. The Morgan fingerprint density at radius 1 is 1.12 bits per heavy atom. The SMILES string of the molecule is C[C@@H]1CN(Cc2ccc(F)cc2)[C@@H](C)CN1C(=O)COc1ccc(Cl)cc1CNCC1CC1. The van der Waals surface area contributed by atoms with Crippen LogP contribution in [0.4, 0.5) is 4.39 Å². The van der Waals surface area contributed by atoms with Crippen molar-refractivity contribution < 1.29 is 13.9 Å². The van der Waals surface area contributed by atoms with Crippen LogP contribution < -0.4 is 10.1 Å². The van der Waals surface area contributed by atoms with Crippen LogP contribution in [0.2, 0.25) is 5.02 Å². The molecule has 1 aliphatic carbocycles. The van der Waals surface area contributed by atoms with E-state index in [1.807, 2.05) is 29.2 Å². The molecule has 178 valence electrons. The Balaban J connectivity index is 1.31. The number of nitrogens with zero attached hydrogens (tertiary/aromatic N) is 2. The van der Waals surface area contributed by atoms with Gasteiger partial charge in [0.1, 0.15) is 11.6 Å². The molecule has 7 heteroatoms. The van der Waals surface area contributed by atoms with E-state index in [1.54, 1.807) is 6.07 Å². The lowest BCUT2D eigenvalue weighted by molar-refractivity contribution is -0.139. The Kier molecular flexibility index (Phi) is 7.89. The highest BCUT2D eigenvalue weighted by Crippen LogP contribution is 2.28. The lowest BCUT2D eigenvalue weighted by Crippen LogP contribution is -2.58. The smallest absolute Gasteiger partial charge is 0.260 e. The number of piperazine rings is 1. The second-order valence-corrected chi connectivity index (χ2v) is 9.85. The maximum absolute atomic E-state index is 13.2. The Bertz CT molecular complexity index is 951. The van der Waals surface area contributed by atoms with E-state index in [9.17, 15) is 9.18 Å². The van der Waals surface area contributed by atoms with Crippen LogP contribution in [0.3, 0.4) is 0 Å². The number of amides is 1. The molecule has 33 heavy (non-hydrogen) atoms. The van der Waals surface area contributed by atoms with Gasteiger partial charge in [-0.2, -0.15) is 0 Å². The molecule has 0 spiro atoms. The molecule has 2 fully saturated rings. The molecule has 4 rings (SSSR count). The molecule has 2 aromatic carbocycles. The monoisotopic (exact) mass is 473 g/mol. The molecule has 1 saturated carbocycles.